The zero-order valence-electron chi connectivity index (χ0n) is 11.5. The number of carbonyl (C=O) groups excluding carboxylic acids is 1. The van der Waals surface area contributed by atoms with Gasteiger partial charge in [0.25, 0.3) is 0 Å². The van der Waals surface area contributed by atoms with Crippen molar-refractivity contribution in [3.8, 4) is 0 Å². The molecule has 2 spiro atoms. The minimum atomic E-state index is 0.00220. The number of rotatable bonds is 1. The summed E-state index contributed by atoms with van der Waals surface area (Å²) in [6.45, 7) is 1.84. The van der Waals surface area contributed by atoms with Crippen LogP contribution >= 0.6 is 0 Å². The molecule has 3 aliphatic rings. The summed E-state index contributed by atoms with van der Waals surface area (Å²) in [4.78, 5) is 11.9. The third kappa shape index (κ3) is 1.87. The van der Waals surface area contributed by atoms with E-state index in [1.807, 2.05) is 0 Å². The Bertz CT molecular complexity index is 323. The fourth-order valence-corrected chi connectivity index (χ4v) is 4.71. The molecule has 1 saturated heterocycles. The molecular weight excluding hydrogens is 226 g/mol. The van der Waals surface area contributed by atoms with Gasteiger partial charge in [-0.05, 0) is 49.4 Å². The van der Waals surface area contributed by atoms with Crippen LogP contribution in [0.2, 0.25) is 0 Å². The summed E-state index contributed by atoms with van der Waals surface area (Å²) >= 11 is 0. The lowest BCUT2D eigenvalue weighted by Gasteiger charge is -2.45. The lowest BCUT2D eigenvalue weighted by molar-refractivity contribution is -0.150. The second kappa shape index (κ2) is 4.52. The van der Waals surface area contributed by atoms with Crippen LogP contribution in [-0.4, -0.2) is 26.2 Å². The molecule has 3 rings (SSSR count). The number of hydrogen-bond donors (Lipinski definition) is 1. The highest BCUT2D eigenvalue weighted by molar-refractivity contribution is 5.74. The van der Waals surface area contributed by atoms with E-state index in [0.29, 0.717) is 5.41 Å². The van der Waals surface area contributed by atoms with Crippen molar-refractivity contribution in [3.05, 3.63) is 0 Å². The van der Waals surface area contributed by atoms with Crippen molar-refractivity contribution >= 4 is 5.97 Å². The van der Waals surface area contributed by atoms with E-state index >= 15 is 0 Å². The quantitative estimate of drug-likeness (QED) is 0.728. The van der Waals surface area contributed by atoms with E-state index in [2.05, 4.69) is 5.32 Å². The average molecular weight is 251 g/mol. The third-order valence-corrected chi connectivity index (χ3v) is 6.02. The standard InChI is InChI=1S/C15H25NO2/c1-18-13(17)12-10-16-11-15(12)8-6-14(7-9-15)4-2-3-5-14/h12,16H,2-11H2,1H3. The molecule has 2 aliphatic carbocycles. The molecule has 1 heterocycles. The van der Waals surface area contributed by atoms with E-state index < -0.39 is 0 Å². The van der Waals surface area contributed by atoms with Gasteiger partial charge in [0.1, 0.15) is 0 Å². The van der Waals surface area contributed by atoms with Crippen LogP contribution in [0.4, 0.5) is 0 Å². The molecule has 102 valence electrons. The Morgan fingerprint density at radius 1 is 1.11 bits per heavy atom. The Labute approximate surface area is 110 Å². The number of esters is 1. The van der Waals surface area contributed by atoms with Crippen LogP contribution in [0.15, 0.2) is 0 Å². The van der Waals surface area contributed by atoms with Gasteiger partial charge >= 0.3 is 5.97 Å². The summed E-state index contributed by atoms with van der Waals surface area (Å²) < 4.78 is 5.00. The predicted molar refractivity (Wildman–Crippen MR) is 70.2 cm³/mol. The van der Waals surface area contributed by atoms with E-state index in [1.54, 1.807) is 0 Å². The van der Waals surface area contributed by atoms with Crippen LogP contribution < -0.4 is 5.32 Å². The number of carbonyl (C=O) groups is 1. The van der Waals surface area contributed by atoms with Gasteiger partial charge in [-0.15, -0.1) is 0 Å². The van der Waals surface area contributed by atoms with Crippen molar-refractivity contribution in [2.45, 2.75) is 51.4 Å². The molecule has 0 amide bonds. The Hall–Kier alpha value is -0.570. The number of ether oxygens (including phenoxy) is 1. The molecule has 2 saturated carbocycles. The highest BCUT2D eigenvalue weighted by Gasteiger charge is 2.52. The molecule has 0 bridgehead atoms. The first kappa shape index (κ1) is 12.5. The molecular formula is C15H25NO2. The van der Waals surface area contributed by atoms with Crippen LogP contribution in [0.5, 0.6) is 0 Å². The maximum atomic E-state index is 11.9. The minimum absolute atomic E-state index is 0.00220. The fourth-order valence-electron chi connectivity index (χ4n) is 4.71. The van der Waals surface area contributed by atoms with Gasteiger partial charge in [-0.3, -0.25) is 4.79 Å². The molecule has 3 fully saturated rings. The Balaban J connectivity index is 1.71. The normalized spacial score (nSPS) is 33.1. The summed E-state index contributed by atoms with van der Waals surface area (Å²) in [6.07, 6.45) is 10.8. The molecule has 1 N–H and O–H groups in total. The van der Waals surface area contributed by atoms with Crippen molar-refractivity contribution in [2.24, 2.45) is 16.7 Å². The molecule has 3 heteroatoms. The molecule has 1 atom stereocenters. The second-order valence-electron chi connectivity index (χ2n) is 6.78. The first-order valence-corrected chi connectivity index (χ1v) is 7.48. The van der Waals surface area contributed by atoms with Crippen molar-refractivity contribution < 1.29 is 9.53 Å². The molecule has 0 aromatic carbocycles. The van der Waals surface area contributed by atoms with Gasteiger partial charge < -0.3 is 10.1 Å². The summed E-state index contributed by atoms with van der Waals surface area (Å²) in [5, 5.41) is 3.43. The molecule has 0 aromatic rings. The monoisotopic (exact) mass is 251 g/mol. The van der Waals surface area contributed by atoms with Crippen LogP contribution in [-0.2, 0) is 9.53 Å². The smallest absolute Gasteiger partial charge is 0.310 e. The largest absolute Gasteiger partial charge is 0.469 e. The number of nitrogens with one attached hydrogen (secondary N) is 1. The van der Waals surface area contributed by atoms with Gasteiger partial charge in [0.05, 0.1) is 13.0 Å². The summed E-state index contributed by atoms with van der Waals surface area (Å²) in [5.74, 6) is 0.101. The lowest BCUT2D eigenvalue weighted by Crippen LogP contribution is -2.41. The number of methoxy groups -OCH3 is 1. The molecule has 0 aromatic heterocycles. The van der Waals surface area contributed by atoms with Crippen LogP contribution in [0.25, 0.3) is 0 Å². The zero-order chi connectivity index (χ0) is 12.6. The third-order valence-electron chi connectivity index (χ3n) is 6.02. The van der Waals surface area contributed by atoms with Gasteiger partial charge in [0.2, 0.25) is 0 Å². The van der Waals surface area contributed by atoms with Gasteiger partial charge in [-0.1, -0.05) is 12.8 Å². The van der Waals surface area contributed by atoms with Crippen molar-refractivity contribution in [2.75, 3.05) is 20.2 Å². The highest BCUT2D eigenvalue weighted by Crippen LogP contribution is 2.56. The highest BCUT2D eigenvalue weighted by atomic mass is 16.5. The lowest BCUT2D eigenvalue weighted by atomic mass is 9.59. The first-order valence-electron chi connectivity index (χ1n) is 7.48. The van der Waals surface area contributed by atoms with Crippen LogP contribution in [0, 0.1) is 16.7 Å². The molecule has 3 nitrogen and oxygen atoms in total. The summed E-state index contributed by atoms with van der Waals surface area (Å²) in [5.41, 5.74) is 0.857. The summed E-state index contributed by atoms with van der Waals surface area (Å²) in [6, 6.07) is 0. The van der Waals surface area contributed by atoms with Crippen molar-refractivity contribution in [1.29, 1.82) is 0 Å². The van der Waals surface area contributed by atoms with Crippen LogP contribution in [0.1, 0.15) is 51.4 Å². The average Bonchev–Trinajstić information content (AvgIpc) is 3.00. The topological polar surface area (TPSA) is 38.3 Å². The first-order chi connectivity index (χ1) is 8.70. The van der Waals surface area contributed by atoms with E-state index in [4.69, 9.17) is 4.74 Å². The minimum Gasteiger partial charge on any atom is -0.469 e. The maximum absolute atomic E-state index is 11.9. The molecule has 0 radical (unpaired) electrons. The maximum Gasteiger partial charge on any atom is 0.310 e. The van der Waals surface area contributed by atoms with Gasteiger partial charge in [0, 0.05) is 13.1 Å². The predicted octanol–water partition coefficient (Wildman–Crippen LogP) is 2.50. The van der Waals surface area contributed by atoms with Crippen molar-refractivity contribution in [3.63, 3.8) is 0 Å². The Morgan fingerprint density at radius 3 is 2.39 bits per heavy atom. The second-order valence-corrected chi connectivity index (χ2v) is 6.78. The van der Waals surface area contributed by atoms with Crippen LogP contribution in [0.3, 0.4) is 0 Å². The Kier molecular flexibility index (Phi) is 3.13. The molecule has 1 unspecified atom stereocenters. The van der Waals surface area contributed by atoms with E-state index in [1.165, 1.54) is 58.5 Å². The molecule has 1 aliphatic heterocycles. The van der Waals surface area contributed by atoms with Gasteiger partial charge in [-0.25, -0.2) is 0 Å². The Morgan fingerprint density at radius 2 is 1.78 bits per heavy atom. The zero-order valence-corrected chi connectivity index (χ0v) is 11.5. The van der Waals surface area contributed by atoms with E-state index in [-0.39, 0.29) is 17.3 Å². The van der Waals surface area contributed by atoms with E-state index in [9.17, 15) is 4.79 Å². The SMILES string of the molecule is COC(=O)C1CNCC12CCC1(CCCC1)CC2. The van der Waals surface area contributed by atoms with Gasteiger partial charge in [-0.2, -0.15) is 0 Å². The number of hydrogen-bond acceptors (Lipinski definition) is 3. The van der Waals surface area contributed by atoms with Gasteiger partial charge in [0.15, 0.2) is 0 Å². The fraction of sp³-hybridized carbons (Fsp3) is 0.933. The summed E-state index contributed by atoms with van der Waals surface area (Å²) in [7, 11) is 1.52. The molecule has 18 heavy (non-hydrogen) atoms. The van der Waals surface area contributed by atoms with E-state index in [0.717, 1.165) is 13.1 Å². The van der Waals surface area contributed by atoms with Crippen molar-refractivity contribution in [1.82, 2.24) is 5.32 Å².